The highest BCUT2D eigenvalue weighted by Gasteiger charge is 2.34. The summed E-state index contributed by atoms with van der Waals surface area (Å²) in [6.45, 7) is 4.00. The van der Waals surface area contributed by atoms with E-state index in [4.69, 9.17) is 5.73 Å². The van der Waals surface area contributed by atoms with Crippen LogP contribution in [-0.4, -0.2) is 41.3 Å². The molecule has 1 saturated heterocycles. The average molecular weight is 376 g/mol. The summed E-state index contributed by atoms with van der Waals surface area (Å²) in [6.07, 6.45) is 1.07. The molecule has 1 aliphatic rings. The summed E-state index contributed by atoms with van der Waals surface area (Å²) in [5.41, 5.74) is 6.30. The number of nitrogens with one attached hydrogen (secondary N) is 1. The molecule has 0 aliphatic carbocycles. The van der Waals surface area contributed by atoms with Crippen LogP contribution in [0.25, 0.3) is 0 Å². The van der Waals surface area contributed by atoms with E-state index in [-0.39, 0.29) is 23.3 Å². The standard InChI is InChI=1S/C18H21FN4O2S/c1-18(10-20)6-7-23(11-18)15(24)8-12-9-26-17(21-12)22-16(25)13-4-2-3-5-14(13)19/h2-5,9H,6-8,10-11,20H2,1H3,(H,21,22,25). The van der Waals surface area contributed by atoms with Gasteiger partial charge in [0.25, 0.3) is 5.91 Å². The van der Waals surface area contributed by atoms with E-state index in [0.717, 1.165) is 6.42 Å². The van der Waals surface area contributed by atoms with Gasteiger partial charge >= 0.3 is 0 Å². The SMILES string of the molecule is CC1(CN)CCN(C(=O)Cc2csc(NC(=O)c3ccccc3F)n2)C1. The number of nitrogens with two attached hydrogens (primary N) is 1. The van der Waals surface area contributed by atoms with E-state index in [2.05, 4.69) is 17.2 Å². The molecule has 2 heterocycles. The van der Waals surface area contributed by atoms with Crippen molar-refractivity contribution in [2.45, 2.75) is 19.8 Å². The molecule has 1 fully saturated rings. The second kappa shape index (κ2) is 7.51. The Bertz CT molecular complexity index is 825. The van der Waals surface area contributed by atoms with Gasteiger partial charge in [0.2, 0.25) is 5.91 Å². The molecule has 26 heavy (non-hydrogen) atoms. The monoisotopic (exact) mass is 376 g/mol. The average Bonchev–Trinajstić information content (AvgIpc) is 3.22. The first-order valence-electron chi connectivity index (χ1n) is 8.38. The molecule has 2 aromatic rings. The number of halogens is 1. The van der Waals surface area contributed by atoms with Crippen LogP contribution in [0.1, 0.15) is 29.4 Å². The molecule has 3 rings (SSSR count). The van der Waals surface area contributed by atoms with Crippen molar-refractivity contribution < 1.29 is 14.0 Å². The number of nitrogens with zero attached hydrogens (tertiary/aromatic N) is 2. The van der Waals surface area contributed by atoms with Gasteiger partial charge in [-0.2, -0.15) is 0 Å². The third-order valence-corrected chi connectivity index (χ3v) is 5.43. The second-order valence-corrected chi connectivity index (χ2v) is 7.69. The second-order valence-electron chi connectivity index (χ2n) is 6.83. The molecule has 0 spiro atoms. The van der Waals surface area contributed by atoms with Gasteiger partial charge in [-0.25, -0.2) is 9.37 Å². The Labute approximate surface area is 155 Å². The van der Waals surface area contributed by atoms with Crippen LogP contribution in [0.4, 0.5) is 9.52 Å². The van der Waals surface area contributed by atoms with Gasteiger partial charge in [-0.05, 0) is 30.5 Å². The lowest BCUT2D eigenvalue weighted by Gasteiger charge is -2.22. The number of anilines is 1. The Balaban J connectivity index is 1.59. The largest absolute Gasteiger partial charge is 0.342 e. The fraction of sp³-hybridized carbons (Fsp3) is 0.389. The van der Waals surface area contributed by atoms with E-state index in [1.54, 1.807) is 11.4 Å². The highest BCUT2D eigenvalue weighted by atomic mass is 32.1. The summed E-state index contributed by atoms with van der Waals surface area (Å²) < 4.78 is 13.6. The minimum Gasteiger partial charge on any atom is -0.342 e. The van der Waals surface area contributed by atoms with Crippen molar-refractivity contribution in [1.29, 1.82) is 0 Å². The predicted molar refractivity (Wildman–Crippen MR) is 98.5 cm³/mol. The highest BCUT2D eigenvalue weighted by Crippen LogP contribution is 2.29. The number of carbonyl (C=O) groups is 2. The number of hydrogen-bond acceptors (Lipinski definition) is 5. The summed E-state index contributed by atoms with van der Waals surface area (Å²) in [4.78, 5) is 30.6. The maximum atomic E-state index is 13.6. The first kappa shape index (κ1) is 18.5. The molecule has 6 nitrogen and oxygen atoms in total. The smallest absolute Gasteiger partial charge is 0.260 e. The van der Waals surface area contributed by atoms with Crippen LogP contribution in [0.2, 0.25) is 0 Å². The molecule has 1 aliphatic heterocycles. The van der Waals surface area contributed by atoms with Gasteiger partial charge in [-0.1, -0.05) is 19.1 Å². The normalized spacial score (nSPS) is 19.6. The van der Waals surface area contributed by atoms with Gasteiger partial charge in [0.1, 0.15) is 5.82 Å². The molecule has 0 saturated carbocycles. The maximum Gasteiger partial charge on any atom is 0.260 e. The van der Waals surface area contributed by atoms with Gasteiger partial charge in [0.15, 0.2) is 5.13 Å². The number of benzene rings is 1. The molecule has 1 atom stereocenters. The van der Waals surface area contributed by atoms with E-state index in [1.165, 1.54) is 29.5 Å². The van der Waals surface area contributed by atoms with Gasteiger partial charge in [-0.3, -0.25) is 14.9 Å². The minimum absolute atomic E-state index is 0.000504. The molecular formula is C18H21FN4O2S. The first-order valence-corrected chi connectivity index (χ1v) is 9.26. The zero-order chi connectivity index (χ0) is 18.7. The van der Waals surface area contributed by atoms with Crippen molar-refractivity contribution >= 4 is 28.3 Å². The highest BCUT2D eigenvalue weighted by molar-refractivity contribution is 7.14. The van der Waals surface area contributed by atoms with Gasteiger partial charge in [0.05, 0.1) is 17.7 Å². The van der Waals surface area contributed by atoms with Crippen LogP contribution in [0.5, 0.6) is 0 Å². The van der Waals surface area contributed by atoms with Gasteiger partial charge < -0.3 is 10.6 Å². The minimum atomic E-state index is -0.589. The van der Waals surface area contributed by atoms with E-state index >= 15 is 0 Å². The number of amides is 2. The number of thiazole rings is 1. The third-order valence-electron chi connectivity index (χ3n) is 4.63. The number of rotatable bonds is 5. The number of aromatic nitrogens is 1. The summed E-state index contributed by atoms with van der Waals surface area (Å²) >= 11 is 1.21. The molecule has 0 radical (unpaired) electrons. The van der Waals surface area contributed by atoms with Crippen LogP contribution >= 0.6 is 11.3 Å². The van der Waals surface area contributed by atoms with Gasteiger partial charge in [-0.15, -0.1) is 11.3 Å². The van der Waals surface area contributed by atoms with Crippen molar-refractivity contribution in [1.82, 2.24) is 9.88 Å². The zero-order valence-corrected chi connectivity index (χ0v) is 15.3. The molecule has 1 unspecified atom stereocenters. The van der Waals surface area contributed by atoms with Crippen LogP contribution < -0.4 is 11.1 Å². The van der Waals surface area contributed by atoms with Crippen LogP contribution in [0.15, 0.2) is 29.6 Å². The molecule has 1 aromatic carbocycles. The Morgan fingerprint density at radius 2 is 2.19 bits per heavy atom. The number of likely N-dealkylation sites (tertiary alicyclic amines) is 1. The van der Waals surface area contributed by atoms with Crippen molar-refractivity contribution in [2.24, 2.45) is 11.1 Å². The topological polar surface area (TPSA) is 88.3 Å². The van der Waals surface area contributed by atoms with Crippen molar-refractivity contribution in [3.63, 3.8) is 0 Å². The molecule has 138 valence electrons. The Morgan fingerprint density at radius 3 is 2.88 bits per heavy atom. The summed E-state index contributed by atoms with van der Waals surface area (Å²) in [5.74, 6) is -1.15. The lowest BCUT2D eigenvalue weighted by atomic mass is 9.90. The summed E-state index contributed by atoms with van der Waals surface area (Å²) in [6, 6.07) is 5.75. The fourth-order valence-electron chi connectivity index (χ4n) is 2.93. The lowest BCUT2D eigenvalue weighted by molar-refractivity contribution is -0.129. The van der Waals surface area contributed by atoms with Gasteiger partial charge in [0, 0.05) is 18.5 Å². The zero-order valence-electron chi connectivity index (χ0n) is 14.5. The molecule has 2 amide bonds. The molecule has 1 aromatic heterocycles. The predicted octanol–water partition coefficient (Wildman–Crippen LogP) is 2.27. The van der Waals surface area contributed by atoms with Crippen molar-refractivity contribution in [3.05, 3.63) is 46.7 Å². The van der Waals surface area contributed by atoms with Crippen molar-refractivity contribution in [2.75, 3.05) is 25.0 Å². The Kier molecular flexibility index (Phi) is 5.33. The lowest BCUT2D eigenvalue weighted by Crippen LogP contribution is -2.35. The quantitative estimate of drug-likeness (QED) is 0.838. The van der Waals surface area contributed by atoms with E-state index in [0.29, 0.717) is 30.5 Å². The Morgan fingerprint density at radius 1 is 1.42 bits per heavy atom. The maximum absolute atomic E-state index is 13.6. The summed E-state index contributed by atoms with van der Waals surface area (Å²) in [7, 11) is 0. The number of carbonyl (C=O) groups excluding carboxylic acids is 2. The van der Waals surface area contributed by atoms with Crippen molar-refractivity contribution in [3.8, 4) is 0 Å². The van der Waals surface area contributed by atoms with E-state index in [9.17, 15) is 14.0 Å². The first-order chi connectivity index (χ1) is 12.4. The van der Waals surface area contributed by atoms with Crippen LogP contribution in [0, 0.1) is 11.2 Å². The van der Waals surface area contributed by atoms with E-state index in [1.807, 2.05) is 4.90 Å². The molecular weight excluding hydrogens is 355 g/mol. The molecule has 3 N–H and O–H groups in total. The molecule has 8 heteroatoms. The Hall–Kier alpha value is -2.32. The van der Waals surface area contributed by atoms with Crippen LogP contribution in [-0.2, 0) is 11.2 Å². The van der Waals surface area contributed by atoms with E-state index < -0.39 is 11.7 Å². The number of hydrogen-bond donors (Lipinski definition) is 2. The summed E-state index contributed by atoms with van der Waals surface area (Å²) in [5, 5.41) is 4.64. The molecule has 0 bridgehead atoms. The van der Waals surface area contributed by atoms with Crippen LogP contribution in [0.3, 0.4) is 0 Å². The third kappa shape index (κ3) is 4.08. The fourth-order valence-corrected chi connectivity index (χ4v) is 3.63.